The van der Waals surface area contributed by atoms with Crippen LogP contribution in [0.4, 0.5) is 5.69 Å². The third kappa shape index (κ3) is 4.77. The Hall–Kier alpha value is -1.92. The number of nitrogens with two attached hydrogens (primary N) is 2. The van der Waals surface area contributed by atoms with E-state index in [4.69, 9.17) is 11.5 Å². The molecule has 1 aliphatic rings. The van der Waals surface area contributed by atoms with Gasteiger partial charge >= 0.3 is 0 Å². The Bertz CT molecular complexity index is 568. The molecule has 2 rings (SSSR count). The summed E-state index contributed by atoms with van der Waals surface area (Å²) in [6.07, 6.45) is 1.39. The highest BCUT2D eigenvalue weighted by Gasteiger charge is 2.33. The number of nitrogens with zero attached hydrogens (tertiary/aromatic N) is 1. The van der Waals surface area contributed by atoms with Gasteiger partial charge in [-0.2, -0.15) is 0 Å². The van der Waals surface area contributed by atoms with E-state index in [9.17, 15) is 9.59 Å². The molecule has 6 heteroatoms. The van der Waals surface area contributed by atoms with E-state index in [1.165, 1.54) is 0 Å². The third-order valence-electron chi connectivity index (χ3n) is 4.50. The van der Waals surface area contributed by atoms with E-state index in [-0.39, 0.29) is 17.4 Å². The second-order valence-electron chi connectivity index (χ2n) is 6.90. The van der Waals surface area contributed by atoms with Crippen molar-refractivity contribution in [1.82, 2.24) is 4.90 Å². The van der Waals surface area contributed by atoms with Crippen LogP contribution in [0, 0.1) is 5.41 Å². The largest absolute Gasteiger partial charge is 0.366 e. The predicted octanol–water partition coefficient (Wildman–Crippen LogP) is 1.17. The van der Waals surface area contributed by atoms with E-state index in [1.54, 1.807) is 24.3 Å². The van der Waals surface area contributed by atoms with Crippen LogP contribution in [0.5, 0.6) is 0 Å². The first-order chi connectivity index (χ1) is 10.8. The van der Waals surface area contributed by atoms with Gasteiger partial charge in [-0.3, -0.25) is 9.59 Å². The van der Waals surface area contributed by atoms with Crippen molar-refractivity contribution in [2.75, 3.05) is 25.0 Å². The summed E-state index contributed by atoms with van der Waals surface area (Å²) in [5.41, 5.74) is 12.5. The number of carbonyl (C=O) groups excluding carboxylic acids is 2. The first-order valence-electron chi connectivity index (χ1n) is 7.95. The average molecular weight is 318 g/mol. The molecule has 0 aliphatic carbocycles. The van der Waals surface area contributed by atoms with Gasteiger partial charge in [0.2, 0.25) is 11.8 Å². The second-order valence-corrected chi connectivity index (χ2v) is 6.90. The van der Waals surface area contributed by atoms with Gasteiger partial charge < -0.3 is 21.7 Å². The van der Waals surface area contributed by atoms with Gasteiger partial charge in [-0.15, -0.1) is 0 Å². The fourth-order valence-electron chi connectivity index (χ4n) is 2.88. The number of amides is 2. The number of nitrogens with one attached hydrogen (secondary N) is 1. The summed E-state index contributed by atoms with van der Waals surface area (Å²) >= 11 is 0. The van der Waals surface area contributed by atoms with Crippen molar-refractivity contribution in [3.8, 4) is 0 Å². The molecule has 1 unspecified atom stereocenters. The molecule has 0 bridgehead atoms. The number of benzene rings is 1. The van der Waals surface area contributed by atoms with Crippen molar-refractivity contribution >= 4 is 17.5 Å². The molecule has 1 fully saturated rings. The fourth-order valence-corrected chi connectivity index (χ4v) is 2.88. The summed E-state index contributed by atoms with van der Waals surface area (Å²) in [6, 6.07) is 6.79. The molecule has 1 atom stereocenters. The fraction of sp³-hybridized carbons (Fsp3) is 0.529. The van der Waals surface area contributed by atoms with Crippen LogP contribution in [-0.4, -0.2) is 42.4 Å². The van der Waals surface area contributed by atoms with Crippen molar-refractivity contribution in [1.29, 1.82) is 0 Å². The SMILES string of the molecule is CC1(C)CN(CCC(=O)Nc2ccc(C(N)=O)cc2)CCC1N. The van der Waals surface area contributed by atoms with Gasteiger partial charge in [0.1, 0.15) is 0 Å². The van der Waals surface area contributed by atoms with Crippen LogP contribution in [0.2, 0.25) is 0 Å². The maximum Gasteiger partial charge on any atom is 0.248 e. The van der Waals surface area contributed by atoms with E-state index in [2.05, 4.69) is 24.1 Å². The van der Waals surface area contributed by atoms with Gasteiger partial charge in [-0.1, -0.05) is 13.8 Å². The number of primary amides is 1. The monoisotopic (exact) mass is 318 g/mol. The lowest BCUT2D eigenvalue weighted by molar-refractivity contribution is -0.116. The molecule has 126 valence electrons. The number of hydrogen-bond donors (Lipinski definition) is 3. The van der Waals surface area contributed by atoms with Gasteiger partial charge in [-0.05, 0) is 42.6 Å². The van der Waals surface area contributed by atoms with Gasteiger partial charge in [0.05, 0.1) is 0 Å². The maximum absolute atomic E-state index is 12.0. The molecule has 6 nitrogen and oxygen atoms in total. The van der Waals surface area contributed by atoms with Crippen LogP contribution in [0.1, 0.15) is 37.0 Å². The Balaban J connectivity index is 1.80. The normalized spacial score (nSPS) is 20.9. The van der Waals surface area contributed by atoms with Crippen molar-refractivity contribution in [2.45, 2.75) is 32.7 Å². The Labute approximate surface area is 137 Å². The Morgan fingerprint density at radius 1 is 1.30 bits per heavy atom. The molecule has 0 radical (unpaired) electrons. The Morgan fingerprint density at radius 3 is 2.52 bits per heavy atom. The van der Waals surface area contributed by atoms with Crippen LogP contribution in [-0.2, 0) is 4.79 Å². The molecule has 0 saturated carbocycles. The summed E-state index contributed by atoms with van der Waals surface area (Å²) in [5, 5.41) is 2.83. The molecule has 0 spiro atoms. The van der Waals surface area contributed by atoms with E-state index in [1.807, 2.05) is 0 Å². The maximum atomic E-state index is 12.0. The average Bonchev–Trinajstić information content (AvgIpc) is 2.49. The number of hydrogen-bond acceptors (Lipinski definition) is 4. The molecule has 5 N–H and O–H groups in total. The minimum Gasteiger partial charge on any atom is -0.366 e. The molecular weight excluding hydrogens is 292 g/mol. The lowest BCUT2D eigenvalue weighted by atomic mass is 9.80. The summed E-state index contributed by atoms with van der Waals surface area (Å²) in [4.78, 5) is 25.3. The molecule has 23 heavy (non-hydrogen) atoms. The zero-order chi connectivity index (χ0) is 17.0. The molecule has 1 aliphatic heterocycles. The minimum absolute atomic E-state index is 0.0375. The molecule has 0 aromatic heterocycles. The quantitative estimate of drug-likeness (QED) is 0.758. The van der Waals surface area contributed by atoms with Gasteiger partial charge in [0.25, 0.3) is 0 Å². The van der Waals surface area contributed by atoms with Crippen molar-refractivity contribution < 1.29 is 9.59 Å². The smallest absolute Gasteiger partial charge is 0.248 e. The Morgan fingerprint density at radius 2 is 1.96 bits per heavy atom. The van der Waals surface area contributed by atoms with Crippen LogP contribution >= 0.6 is 0 Å². The number of piperidine rings is 1. The van der Waals surface area contributed by atoms with Gasteiger partial charge in [-0.25, -0.2) is 0 Å². The van der Waals surface area contributed by atoms with Crippen LogP contribution in [0.15, 0.2) is 24.3 Å². The standard InChI is InChI=1S/C17H26N4O2/c1-17(2)11-21(9-7-14(17)18)10-8-15(22)20-13-5-3-12(4-6-13)16(19)23/h3-6,14H,7-11,18H2,1-2H3,(H2,19,23)(H,20,22). The third-order valence-corrected chi connectivity index (χ3v) is 4.50. The summed E-state index contributed by atoms with van der Waals surface area (Å²) < 4.78 is 0. The number of rotatable bonds is 5. The molecular formula is C17H26N4O2. The lowest BCUT2D eigenvalue weighted by Crippen LogP contribution is -2.52. The highest BCUT2D eigenvalue weighted by atomic mass is 16.2. The molecule has 2 amide bonds. The van der Waals surface area contributed by atoms with Gasteiger partial charge in [0, 0.05) is 36.8 Å². The van der Waals surface area contributed by atoms with Crippen LogP contribution in [0.25, 0.3) is 0 Å². The summed E-state index contributed by atoms with van der Waals surface area (Å²) in [6.45, 7) is 6.91. The van der Waals surface area contributed by atoms with E-state index in [0.29, 0.717) is 17.7 Å². The highest BCUT2D eigenvalue weighted by molar-refractivity contribution is 5.94. The number of likely N-dealkylation sites (tertiary alicyclic amines) is 1. The topological polar surface area (TPSA) is 101 Å². The zero-order valence-electron chi connectivity index (χ0n) is 13.8. The highest BCUT2D eigenvalue weighted by Crippen LogP contribution is 2.27. The number of anilines is 1. The zero-order valence-corrected chi connectivity index (χ0v) is 13.8. The van der Waals surface area contributed by atoms with Crippen molar-refractivity contribution in [3.05, 3.63) is 29.8 Å². The van der Waals surface area contributed by atoms with Crippen molar-refractivity contribution in [3.63, 3.8) is 0 Å². The van der Waals surface area contributed by atoms with Crippen LogP contribution < -0.4 is 16.8 Å². The van der Waals surface area contributed by atoms with E-state index >= 15 is 0 Å². The second kappa shape index (κ2) is 7.10. The predicted molar refractivity (Wildman–Crippen MR) is 91.0 cm³/mol. The minimum atomic E-state index is -0.478. The Kier molecular flexibility index (Phi) is 5.38. The van der Waals surface area contributed by atoms with Crippen molar-refractivity contribution in [2.24, 2.45) is 16.9 Å². The molecule has 1 heterocycles. The summed E-state index contributed by atoms with van der Waals surface area (Å²) in [5.74, 6) is -0.515. The first-order valence-corrected chi connectivity index (χ1v) is 7.95. The molecule has 1 aromatic rings. The first kappa shape index (κ1) is 17.4. The van der Waals surface area contributed by atoms with E-state index < -0.39 is 5.91 Å². The number of carbonyl (C=O) groups is 2. The van der Waals surface area contributed by atoms with E-state index in [0.717, 1.165) is 26.1 Å². The lowest BCUT2D eigenvalue weighted by Gasteiger charge is -2.42. The van der Waals surface area contributed by atoms with Gasteiger partial charge in [0.15, 0.2) is 0 Å². The summed E-state index contributed by atoms with van der Waals surface area (Å²) in [7, 11) is 0. The molecule has 1 saturated heterocycles. The van der Waals surface area contributed by atoms with Crippen LogP contribution in [0.3, 0.4) is 0 Å². The molecule has 1 aromatic carbocycles.